The third-order valence-corrected chi connectivity index (χ3v) is 3.12. The van der Waals surface area contributed by atoms with Crippen molar-refractivity contribution in [3.05, 3.63) is 35.4 Å². The summed E-state index contributed by atoms with van der Waals surface area (Å²) in [7, 11) is 0. The molecule has 0 spiro atoms. The normalized spacial score (nSPS) is 20.9. The number of carbonyl (C=O) groups is 2. The summed E-state index contributed by atoms with van der Waals surface area (Å²) >= 11 is 0. The molecule has 1 aliphatic carbocycles. The maximum absolute atomic E-state index is 11.8. The Hall–Kier alpha value is -1.88. The van der Waals surface area contributed by atoms with Crippen molar-refractivity contribution in [3.63, 3.8) is 0 Å². The van der Waals surface area contributed by atoms with Gasteiger partial charge in [-0.1, -0.05) is 12.1 Å². The molecule has 0 aromatic heterocycles. The summed E-state index contributed by atoms with van der Waals surface area (Å²) in [5.41, 5.74) is 1.13. The van der Waals surface area contributed by atoms with Crippen molar-refractivity contribution in [1.82, 2.24) is 5.32 Å². The zero-order valence-corrected chi connectivity index (χ0v) is 10.8. The highest BCUT2D eigenvalue weighted by Gasteiger charge is 2.43. The van der Waals surface area contributed by atoms with Gasteiger partial charge in [0, 0.05) is 13.2 Å². The third-order valence-electron chi connectivity index (χ3n) is 3.12. The van der Waals surface area contributed by atoms with Crippen LogP contribution >= 0.6 is 0 Å². The van der Waals surface area contributed by atoms with Gasteiger partial charge in [0.2, 0.25) is 5.91 Å². The Morgan fingerprint density at radius 1 is 1.37 bits per heavy atom. The molecule has 2 N–H and O–H groups in total. The number of hydrogen-bond acceptors (Lipinski definition) is 3. The summed E-state index contributed by atoms with van der Waals surface area (Å²) in [6.45, 7) is 2.95. The van der Waals surface area contributed by atoms with Crippen molar-refractivity contribution < 1.29 is 19.4 Å². The Kier molecular flexibility index (Phi) is 4.16. The van der Waals surface area contributed by atoms with Gasteiger partial charge in [0.1, 0.15) is 0 Å². The summed E-state index contributed by atoms with van der Waals surface area (Å²) in [6.07, 6.45) is 0.858. The number of carboxylic acid groups (broad SMARTS) is 1. The van der Waals surface area contributed by atoms with E-state index in [4.69, 9.17) is 9.84 Å². The van der Waals surface area contributed by atoms with Gasteiger partial charge in [-0.15, -0.1) is 0 Å². The van der Waals surface area contributed by atoms with Crippen LogP contribution in [-0.2, 0) is 16.1 Å². The number of nitrogens with one attached hydrogen (secondary N) is 1. The molecule has 1 fully saturated rings. The van der Waals surface area contributed by atoms with E-state index in [2.05, 4.69) is 5.32 Å². The highest BCUT2D eigenvalue weighted by Crippen LogP contribution is 2.33. The van der Waals surface area contributed by atoms with Crippen molar-refractivity contribution in [3.8, 4) is 0 Å². The third kappa shape index (κ3) is 3.54. The van der Waals surface area contributed by atoms with E-state index in [-0.39, 0.29) is 23.5 Å². The molecule has 19 heavy (non-hydrogen) atoms. The van der Waals surface area contributed by atoms with Crippen LogP contribution in [0, 0.1) is 5.92 Å². The smallest absolute Gasteiger partial charge is 0.335 e. The van der Waals surface area contributed by atoms with E-state index < -0.39 is 5.97 Å². The highest BCUT2D eigenvalue weighted by molar-refractivity contribution is 5.87. The molecule has 2 rings (SSSR count). The zero-order chi connectivity index (χ0) is 13.8. The molecule has 1 aliphatic rings. The standard InChI is InChI=1S/C14H17NO4/c1-2-19-12-7-11(12)13(16)15-8-9-3-5-10(6-4-9)14(17)18/h3-6,11-12H,2,7-8H2,1H3,(H,15,16)(H,17,18)/t11-,12+/m0/s1. The number of carboxylic acids is 1. The number of aromatic carboxylic acids is 1. The molecule has 2 atom stereocenters. The largest absolute Gasteiger partial charge is 0.478 e. The van der Waals surface area contributed by atoms with Crippen LogP contribution in [-0.4, -0.2) is 29.7 Å². The van der Waals surface area contributed by atoms with Gasteiger partial charge in [-0.3, -0.25) is 4.79 Å². The van der Waals surface area contributed by atoms with Gasteiger partial charge in [-0.2, -0.15) is 0 Å². The van der Waals surface area contributed by atoms with Crippen LogP contribution in [0.3, 0.4) is 0 Å². The predicted molar refractivity (Wildman–Crippen MR) is 68.8 cm³/mol. The second-order valence-corrected chi connectivity index (χ2v) is 4.56. The monoisotopic (exact) mass is 263 g/mol. The average Bonchev–Trinajstić information content (AvgIpc) is 3.16. The molecule has 5 heteroatoms. The van der Waals surface area contributed by atoms with Gasteiger partial charge < -0.3 is 15.2 Å². The van der Waals surface area contributed by atoms with Crippen LogP contribution in [0.5, 0.6) is 0 Å². The summed E-state index contributed by atoms with van der Waals surface area (Å²) < 4.78 is 5.35. The number of carbonyl (C=O) groups excluding carboxylic acids is 1. The topological polar surface area (TPSA) is 75.6 Å². The van der Waals surface area contributed by atoms with Crippen molar-refractivity contribution in [1.29, 1.82) is 0 Å². The quantitative estimate of drug-likeness (QED) is 0.814. The van der Waals surface area contributed by atoms with Crippen LogP contribution in [0.2, 0.25) is 0 Å². The van der Waals surface area contributed by atoms with Gasteiger partial charge in [0.05, 0.1) is 17.6 Å². The summed E-state index contributed by atoms with van der Waals surface area (Å²) in [5.74, 6) is -0.980. The summed E-state index contributed by atoms with van der Waals surface area (Å²) in [5, 5.41) is 11.6. The minimum atomic E-state index is -0.951. The second kappa shape index (κ2) is 5.84. The molecule has 1 aromatic rings. The molecule has 0 aliphatic heterocycles. The predicted octanol–water partition coefficient (Wildman–Crippen LogP) is 1.43. The molecule has 0 saturated heterocycles. The van der Waals surface area contributed by atoms with Gasteiger partial charge in [-0.05, 0) is 31.0 Å². The van der Waals surface area contributed by atoms with E-state index in [1.54, 1.807) is 12.1 Å². The lowest BCUT2D eigenvalue weighted by Crippen LogP contribution is -2.26. The minimum absolute atomic E-state index is 0.000705. The van der Waals surface area contributed by atoms with Gasteiger partial charge in [0.15, 0.2) is 0 Å². The molecule has 0 radical (unpaired) electrons. The molecule has 1 amide bonds. The van der Waals surface area contributed by atoms with E-state index in [0.29, 0.717) is 13.2 Å². The van der Waals surface area contributed by atoms with E-state index in [0.717, 1.165) is 12.0 Å². The van der Waals surface area contributed by atoms with Crippen molar-refractivity contribution in [2.45, 2.75) is 26.0 Å². The maximum atomic E-state index is 11.8. The summed E-state index contributed by atoms with van der Waals surface area (Å²) in [6, 6.07) is 6.47. The Labute approximate surface area is 111 Å². The fourth-order valence-electron chi connectivity index (χ4n) is 1.93. The molecular formula is C14H17NO4. The number of benzene rings is 1. The van der Waals surface area contributed by atoms with Crippen molar-refractivity contribution in [2.24, 2.45) is 5.92 Å². The first-order valence-electron chi connectivity index (χ1n) is 6.33. The molecule has 102 valence electrons. The maximum Gasteiger partial charge on any atom is 0.335 e. The van der Waals surface area contributed by atoms with Crippen LogP contribution < -0.4 is 5.32 Å². The van der Waals surface area contributed by atoms with Crippen LogP contribution in [0.1, 0.15) is 29.3 Å². The molecular weight excluding hydrogens is 246 g/mol. The van der Waals surface area contributed by atoms with Crippen molar-refractivity contribution >= 4 is 11.9 Å². The molecule has 0 bridgehead atoms. The number of amides is 1. The van der Waals surface area contributed by atoms with Crippen LogP contribution in [0.25, 0.3) is 0 Å². The molecule has 1 aromatic carbocycles. The fraction of sp³-hybridized carbons (Fsp3) is 0.429. The van der Waals surface area contributed by atoms with E-state index in [1.807, 2.05) is 6.92 Å². The number of ether oxygens (including phenoxy) is 1. The number of rotatable bonds is 6. The van der Waals surface area contributed by atoms with Gasteiger partial charge >= 0.3 is 5.97 Å². The minimum Gasteiger partial charge on any atom is -0.478 e. The Bertz CT molecular complexity index is 469. The number of hydrogen-bond donors (Lipinski definition) is 2. The average molecular weight is 263 g/mol. The first kappa shape index (κ1) is 13.5. The Morgan fingerprint density at radius 3 is 2.63 bits per heavy atom. The zero-order valence-electron chi connectivity index (χ0n) is 10.8. The van der Waals surface area contributed by atoms with Gasteiger partial charge in [-0.25, -0.2) is 4.79 Å². The lowest BCUT2D eigenvalue weighted by Gasteiger charge is -2.05. The van der Waals surface area contributed by atoms with E-state index in [9.17, 15) is 9.59 Å². The van der Waals surface area contributed by atoms with E-state index >= 15 is 0 Å². The second-order valence-electron chi connectivity index (χ2n) is 4.56. The van der Waals surface area contributed by atoms with Crippen LogP contribution in [0.4, 0.5) is 0 Å². The first-order valence-corrected chi connectivity index (χ1v) is 6.33. The Balaban J connectivity index is 1.79. The lowest BCUT2D eigenvalue weighted by molar-refractivity contribution is -0.123. The van der Waals surface area contributed by atoms with Crippen LogP contribution in [0.15, 0.2) is 24.3 Å². The Morgan fingerprint density at radius 2 is 2.05 bits per heavy atom. The van der Waals surface area contributed by atoms with Crippen molar-refractivity contribution in [2.75, 3.05) is 6.61 Å². The van der Waals surface area contributed by atoms with E-state index in [1.165, 1.54) is 12.1 Å². The highest BCUT2D eigenvalue weighted by atomic mass is 16.5. The molecule has 5 nitrogen and oxygen atoms in total. The molecule has 1 saturated carbocycles. The lowest BCUT2D eigenvalue weighted by atomic mass is 10.1. The van der Waals surface area contributed by atoms with Gasteiger partial charge in [0.25, 0.3) is 0 Å². The summed E-state index contributed by atoms with van der Waals surface area (Å²) in [4.78, 5) is 22.4. The fourth-order valence-corrected chi connectivity index (χ4v) is 1.93. The first-order chi connectivity index (χ1) is 9.11. The molecule has 0 unspecified atom stereocenters. The SMILES string of the molecule is CCO[C@@H]1C[C@@H]1C(=O)NCc1ccc(C(=O)O)cc1. The molecule has 0 heterocycles.